The Morgan fingerprint density at radius 2 is 2.00 bits per heavy atom. The second-order valence-electron chi connectivity index (χ2n) is 3.88. The molecule has 16 heavy (non-hydrogen) atoms. The van der Waals surface area contributed by atoms with Gasteiger partial charge in [-0.25, -0.2) is 0 Å². The highest BCUT2D eigenvalue weighted by molar-refractivity contribution is 7.15. The molecule has 0 bridgehead atoms. The maximum absolute atomic E-state index is 5.98. The predicted molar refractivity (Wildman–Crippen MR) is 69.1 cm³/mol. The first kappa shape index (κ1) is 11.6. The molecule has 0 spiro atoms. The lowest BCUT2D eigenvalue weighted by Gasteiger charge is -2.02. The lowest BCUT2D eigenvalue weighted by atomic mass is 10.1. The summed E-state index contributed by atoms with van der Waals surface area (Å²) in [5, 5.41) is 10.0. The highest BCUT2D eigenvalue weighted by atomic mass is 35.5. The van der Waals surface area contributed by atoms with E-state index >= 15 is 0 Å². The fourth-order valence-electron chi connectivity index (χ4n) is 1.56. The van der Waals surface area contributed by atoms with Crippen LogP contribution >= 0.6 is 22.9 Å². The fourth-order valence-corrected chi connectivity index (χ4v) is 2.60. The van der Waals surface area contributed by atoms with Crippen molar-refractivity contribution < 1.29 is 0 Å². The van der Waals surface area contributed by atoms with Crippen LogP contribution < -0.4 is 0 Å². The molecule has 2 nitrogen and oxygen atoms in total. The van der Waals surface area contributed by atoms with E-state index in [0.29, 0.717) is 0 Å². The third-order valence-electron chi connectivity index (χ3n) is 2.39. The van der Waals surface area contributed by atoms with Crippen LogP contribution in [0.1, 0.15) is 28.4 Å². The number of benzene rings is 1. The monoisotopic (exact) mass is 252 g/mol. The summed E-state index contributed by atoms with van der Waals surface area (Å²) < 4.78 is 0. The van der Waals surface area contributed by atoms with Gasteiger partial charge in [0.1, 0.15) is 10.0 Å². The molecule has 1 aromatic carbocycles. The molecule has 84 valence electrons. The molecular formula is C12H13ClN2S. The molecule has 2 aromatic rings. The van der Waals surface area contributed by atoms with Gasteiger partial charge in [0.25, 0.3) is 0 Å². The van der Waals surface area contributed by atoms with E-state index in [-0.39, 0.29) is 5.38 Å². The lowest BCUT2D eigenvalue weighted by molar-refractivity contribution is 0.962. The van der Waals surface area contributed by atoms with Crippen molar-refractivity contribution in [3.05, 3.63) is 34.3 Å². The summed E-state index contributed by atoms with van der Waals surface area (Å²) in [6.45, 7) is 6.09. The smallest absolute Gasteiger partial charge is 0.142 e. The normalized spacial score (nSPS) is 12.8. The van der Waals surface area contributed by atoms with E-state index in [1.807, 2.05) is 6.92 Å². The maximum atomic E-state index is 5.98. The van der Waals surface area contributed by atoms with Crippen molar-refractivity contribution >= 4 is 22.9 Å². The Morgan fingerprint density at radius 3 is 2.56 bits per heavy atom. The summed E-state index contributed by atoms with van der Waals surface area (Å²) in [5.41, 5.74) is 3.63. The molecule has 4 heteroatoms. The number of hydrogen-bond donors (Lipinski definition) is 0. The van der Waals surface area contributed by atoms with Crippen molar-refractivity contribution in [2.24, 2.45) is 0 Å². The van der Waals surface area contributed by atoms with Gasteiger partial charge in [-0.1, -0.05) is 35.1 Å². The molecule has 1 unspecified atom stereocenters. The van der Waals surface area contributed by atoms with Gasteiger partial charge in [-0.05, 0) is 26.3 Å². The lowest BCUT2D eigenvalue weighted by Crippen LogP contribution is -1.84. The summed E-state index contributed by atoms with van der Waals surface area (Å²) >= 11 is 7.54. The van der Waals surface area contributed by atoms with E-state index in [1.165, 1.54) is 11.1 Å². The first-order valence-electron chi connectivity index (χ1n) is 5.13. The number of aromatic nitrogens is 2. The second kappa shape index (κ2) is 4.52. The van der Waals surface area contributed by atoms with E-state index in [4.69, 9.17) is 11.6 Å². The molecule has 0 aliphatic rings. The zero-order chi connectivity index (χ0) is 11.7. The second-order valence-corrected chi connectivity index (χ2v) is 5.54. The van der Waals surface area contributed by atoms with Crippen LogP contribution in [-0.4, -0.2) is 10.2 Å². The summed E-state index contributed by atoms with van der Waals surface area (Å²) in [6, 6.07) is 6.34. The molecule has 0 aliphatic heterocycles. The van der Waals surface area contributed by atoms with Crippen LogP contribution in [0.5, 0.6) is 0 Å². The van der Waals surface area contributed by atoms with Crippen LogP contribution in [0.15, 0.2) is 18.2 Å². The van der Waals surface area contributed by atoms with E-state index in [2.05, 4.69) is 42.2 Å². The third kappa shape index (κ3) is 2.25. The number of rotatable bonds is 2. The molecule has 0 radical (unpaired) electrons. The van der Waals surface area contributed by atoms with Gasteiger partial charge < -0.3 is 0 Å². The summed E-state index contributed by atoms with van der Waals surface area (Å²) in [4.78, 5) is 0. The number of halogens is 1. The molecule has 0 saturated heterocycles. The van der Waals surface area contributed by atoms with E-state index in [9.17, 15) is 0 Å². The molecule has 1 aromatic heterocycles. The van der Waals surface area contributed by atoms with Crippen LogP contribution in [0, 0.1) is 13.8 Å². The summed E-state index contributed by atoms with van der Waals surface area (Å²) in [6.07, 6.45) is 0. The maximum Gasteiger partial charge on any atom is 0.148 e. The first-order valence-corrected chi connectivity index (χ1v) is 6.38. The van der Waals surface area contributed by atoms with Crippen LogP contribution in [0.3, 0.4) is 0 Å². The Hall–Kier alpha value is -0.930. The van der Waals surface area contributed by atoms with Crippen LogP contribution in [0.4, 0.5) is 0 Å². The van der Waals surface area contributed by atoms with Gasteiger partial charge in [-0.3, -0.25) is 0 Å². The first-order chi connectivity index (χ1) is 7.58. The van der Waals surface area contributed by atoms with Gasteiger partial charge in [0.05, 0.1) is 5.38 Å². The fraction of sp³-hybridized carbons (Fsp3) is 0.333. The Kier molecular flexibility index (Phi) is 3.26. The van der Waals surface area contributed by atoms with E-state index in [1.54, 1.807) is 11.3 Å². The molecule has 1 atom stereocenters. The van der Waals surface area contributed by atoms with Crippen molar-refractivity contribution in [2.75, 3.05) is 0 Å². The molecule has 1 heterocycles. The number of aryl methyl sites for hydroxylation is 2. The minimum Gasteiger partial charge on any atom is -0.142 e. The molecule has 0 fully saturated rings. The number of alkyl halides is 1. The Labute approximate surface area is 104 Å². The molecule has 0 amide bonds. The minimum absolute atomic E-state index is 0.0722. The van der Waals surface area contributed by atoms with Crippen molar-refractivity contribution in [3.8, 4) is 10.6 Å². The zero-order valence-corrected chi connectivity index (χ0v) is 11.1. The number of nitrogens with zero attached hydrogens (tertiary/aromatic N) is 2. The van der Waals surface area contributed by atoms with Crippen LogP contribution in [0.2, 0.25) is 0 Å². The minimum atomic E-state index is -0.0722. The Bertz CT molecular complexity index is 505. The standard InChI is InChI=1S/C12H13ClN2S/c1-7-4-5-10(8(2)6-7)12-15-14-11(16-12)9(3)13/h4-6,9H,1-3H3. The topological polar surface area (TPSA) is 25.8 Å². The highest BCUT2D eigenvalue weighted by Gasteiger charge is 2.12. The quantitative estimate of drug-likeness (QED) is 0.752. The molecule has 0 aliphatic carbocycles. The van der Waals surface area contributed by atoms with Crippen molar-refractivity contribution in [1.82, 2.24) is 10.2 Å². The summed E-state index contributed by atoms with van der Waals surface area (Å²) in [5.74, 6) is 0. The van der Waals surface area contributed by atoms with Crippen molar-refractivity contribution in [2.45, 2.75) is 26.1 Å². The average Bonchev–Trinajstić information content (AvgIpc) is 2.66. The Morgan fingerprint density at radius 1 is 1.25 bits per heavy atom. The SMILES string of the molecule is Cc1ccc(-c2nnc(C(C)Cl)s2)c(C)c1. The molecule has 0 saturated carbocycles. The third-order valence-corrected chi connectivity index (χ3v) is 3.87. The van der Waals surface area contributed by atoms with E-state index in [0.717, 1.165) is 15.6 Å². The number of hydrogen-bond acceptors (Lipinski definition) is 3. The van der Waals surface area contributed by atoms with Gasteiger partial charge >= 0.3 is 0 Å². The predicted octanol–water partition coefficient (Wildman–Crippen LogP) is 4.12. The zero-order valence-electron chi connectivity index (χ0n) is 9.49. The molecule has 0 N–H and O–H groups in total. The van der Waals surface area contributed by atoms with E-state index < -0.39 is 0 Å². The summed E-state index contributed by atoms with van der Waals surface area (Å²) in [7, 11) is 0. The van der Waals surface area contributed by atoms with Gasteiger partial charge in [-0.2, -0.15) is 0 Å². The average molecular weight is 253 g/mol. The highest BCUT2D eigenvalue weighted by Crippen LogP contribution is 2.31. The molecular weight excluding hydrogens is 240 g/mol. The molecule has 2 rings (SSSR count). The van der Waals surface area contributed by atoms with Crippen LogP contribution in [0.25, 0.3) is 10.6 Å². The largest absolute Gasteiger partial charge is 0.148 e. The van der Waals surface area contributed by atoms with Crippen molar-refractivity contribution in [3.63, 3.8) is 0 Å². The van der Waals surface area contributed by atoms with Crippen molar-refractivity contribution in [1.29, 1.82) is 0 Å². The van der Waals surface area contributed by atoms with Gasteiger partial charge in [0, 0.05) is 5.56 Å². The Balaban J connectivity index is 2.42. The van der Waals surface area contributed by atoms with Gasteiger partial charge in [0.15, 0.2) is 0 Å². The van der Waals surface area contributed by atoms with Gasteiger partial charge in [-0.15, -0.1) is 21.8 Å². The van der Waals surface area contributed by atoms with Crippen LogP contribution in [-0.2, 0) is 0 Å². The van der Waals surface area contributed by atoms with Gasteiger partial charge in [0.2, 0.25) is 0 Å².